The van der Waals surface area contributed by atoms with Crippen LogP contribution in [0.15, 0.2) is 22.7 Å². The number of alkyl halides is 1. The highest BCUT2D eigenvalue weighted by Gasteiger charge is 2.04. The Morgan fingerprint density at radius 2 is 2.14 bits per heavy atom. The van der Waals surface area contributed by atoms with Crippen LogP contribution < -0.4 is 9.47 Å². The van der Waals surface area contributed by atoms with Crippen molar-refractivity contribution in [2.24, 2.45) is 0 Å². The molecule has 0 unspecified atom stereocenters. The first-order chi connectivity index (χ1) is 6.77. The van der Waals surface area contributed by atoms with E-state index in [1.54, 1.807) is 19.2 Å². The zero-order chi connectivity index (χ0) is 10.4. The molecule has 0 heterocycles. The van der Waals surface area contributed by atoms with Crippen molar-refractivity contribution in [2.45, 2.75) is 6.42 Å². The standard InChI is InChI=1S/C10H12BrFO2/c1-13-9-4-3-8(11)7-10(9)14-6-2-5-12/h3-4,7H,2,5-6H2,1H3. The van der Waals surface area contributed by atoms with Gasteiger partial charge in [-0.2, -0.15) is 0 Å². The SMILES string of the molecule is COc1ccc(Br)cc1OCCCF. The molecule has 0 aromatic heterocycles. The van der Waals surface area contributed by atoms with Crippen molar-refractivity contribution in [3.63, 3.8) is 0 Å². The molecule has 78 valence electrons. The molecule has 2 nitrogen and oxygen atoms in total. The fraction of sp³-hybridized carbons (Fsp3) is 0.400. The maximum atomic E-state index is 11.8. The minimum Gasteiger partial charge on any atom is -0.493 e. The van der Waals surface area contributed by atoms with Crippen LogP contribution >= 0.6 is 15.9 Å². The van der Waals surface area contributed by atoms with Gasteiger partial charge in [0.25, 0.3) is 0 Å². The second kappa shape index (κ2) is 5.86. The summed E-state index contributed by atoms with van der Waals surface area (Å²) in [5.41, 5.74) is 0. The Labute approximate surface area is 91.2 Å². The van der Waals surface area contributed by atoms with Gasteiger partial charge in [-0.15, -0.1) is 0 Å². The summed E-state index contributed by atoms with van der Waals surface area (Å²) in [6.07, 6.45) is 0.398. The highest BCUT2D eigenvalue weighted by molar-refractivity contribution is 9.10. The summed E-state index contributed by atoms with van der Waals surface area (Å²) in [6.45, 7) is -0.000365. The zero-order valence-electron chi connectivity index (χ0n) is 7.93. The van der Waals surface area contributed by atoms with E-state index in [-0.39, 0.29) is 6.67 Å². The molecule has 0 aliphatic heterocycles. The van der Waals surface area contributed by atoms with Gasteiger partial charge in [-0.1, -0.05) is 15.9 Å². The van der Waals surface area contributed by atoms with E-state index in [2.05, 4.69) is 15.9 Å². The van der Waals surface area contributed by atoms with Gasteiger partial charge in [-0.05, 0) is 18.2 Å². The molecule has 0 amide bonds. The van der Waals surface area contributed by atoms with Crippen LogP contribution in [0.3, 0.4) is 0 Å². The normalized spacial score (nSPS) is 9.93. The van der Waals surface area contributed by atoms with Crippen molar-refractivity contribution >= 4 is 15.9 Å². The molecule has 1 rings (SSSR count). The number of benzene rings is 1. The summed E-state index contributed by atoms with van der Waals surface area (Å²) < 4.78 is 23.2. The van der Waals surface area contributed by atoms with Crippen LogP contribution in [0.1, 0.15) is 6.42 Å². The lowest BCUT2D eigenvalue weighted by Crippen LogP contribution is -1.99. The molecular weight excluding hydrogens is 251 g/mol. The van der Waals surface area contributed by atoms with Crippen LogP contribution in [-0.2, 0) is 0 Å². The first-order valence-corrected chi connectivity index (χ1v) is 5.09. The van der Waals surface area contributed by atoms with Crippen LogP contribution in [0.2, 0.25) is 0 Å². The van der Waals surface area contributed by atoms with Crippen LogP contribution in [-0.4, -0.2) is 20.4 Å². The third kappa shape index (κ3) is 3.18. The monoisotopic (exact) mass is 262 g/mol. The maximum Gasteiger partial charge on any atom is 0.162 e. The van der Waals surface area contributed by atoms with E-state index in [4.69, 9.17) is 9.47 Å². The topological polar surface area (TPSA) is 18.5 Å². The third-order valence-electron chi connectivity index (χ3n) is 1.66. The molecule has 0 saturated heterocycles. The molecule has 1 aromatic rings. The fourth-order valence-electron chi connectivity index (χ4n) is 1.00. The smallest absolute Gasteiger partial charge is 0.162 e. The summed E-state index contributed by atoms with van der Waals surface area (Å²) >= 11 is 3.32. The lowest BCUT2D eigenvalue weighted by molar-refractivity contribution is 0.273. The molecular formula is C10H12BrFO2. The zero-order valence-corrected chi connectivity index (χ0v) is 9.51. The quantitative estimate of drug-likeness (QED) is 0.759. The average molecular weight is 263 g/mol. The molecule has 0 N–H and O–H groups in total. The first kappa shape index (κ1) is 11.3. The molecule has 4 heteroatoms. The number of methoxy groups -OCH3 is 1. The van der Waals surface area contributed by atoms with Gasteiger partial charge in [0.1, 0.15) is 0 Å². The molecule has 0 saturated carbocycles. The number of rotatable bonds is 5. The second-order valence-electron chi connectivity index (χ2n) is 2.69. The third-order valence-corrected chi connectivity index (χ3v) is 2.15. The molecule has 1 aromatic carbocycles. The molecule has 0 aliphatic rings. The second-order valence-corrected chi connectivity index (χ2v) is 3.60. The van der Waals surface area contributed by atoms with Crippen LogP contribution in [0, 0.1) is 0 Å². The summed E-state index contributed by atoms with van der Waals surface area (Å²) in [7, 11) is 1.57. The molecule has 14 heavy (non-hydrogen) atoms. The number of hydrogen-bond donors (Lipinski definition) is 0. The van der Waals surface area contributed by atoms with E-state index in [1.165, 1.54) is 0 Å². The molecule has 0 spiro atoms. The number of halogens is 2. The lowest BCUT2D eigenvalue weighted by atomic mass is 10.3. The summed E-state index contributed by atoms with van der Waals surface area (Å²) in [4.78, 5) is 0. The Kier molecular flexibility index (Phi) is 4.73. The van der Waals surface area contributed by atoms with Gasteiger partial charge in [0.15, 0.2) is 11.5 Å². The maximum absolute atomic E-state index is 11.8. The van der Waals surface area contributed by atoms with Gasteiger partial charge in [0, 0.05) is 10.9 Å². The molecule has 0 aliphatic carbocycles. The summed E-state index contributed by atoms with van der Waals surface area (Å²) in [6, 6.07) is 5.47. The van der Waals surface area contributed by atoms with E-state index in [9.17, 15) is 4.39 Å². The Bertz CT molecular complexity index is 291. The van der Waals surface area contributed by atoms with Crippen molar-refractivity contribution < 1.29 is 13.9 Å². The fourth-order valence-corrected chi connectivity index (χ4v) is 1.34. The van der Waals surface area contributed by atoms with Gasteiger partial charge in [0.2, 0.25) is 0 Å². The first-order valence-electron chi connectivity index (χ1n) is 4.30. The Morgan fingerprint density at radius 1 is 1.36 bits per heavy atom. The summed E-state index contributed by atoms with van der Waals surface area (Å²) in [5.74, 6) is 1.29. The number of ether oxygens (including phenoxy) is 2. The Morgan fingerprint density at radius 3 is 2.79 bits per heavy atom. The van der Waals surface area contributed by atoms with Crippen molar-refractivity contribution in [3.8, 4) is 11.5 Å². The van der Waals surface area contributed by atoms with Crippen molar-refractivity contribution in [3.05, 3.63) is 22.7 Å². The van der Waals surface area contributed by atoms with E-state index in [1.807, 2.05) is 6.07 Å². The van der Waals surface area contributed by atoms with Crippen molar-refractivity contribution in [1.82, 2.24) is 0 Å². The Hall–Kier alpha value is -0.770. The molecule has 0 bridgehead atoms. The van der Waals surface area contributed by atoms with Crippen LogP contribution in [0.25, 0.3) is 0 Å². The van der Waals surface area contributed by atoms with Gasteiger partial charge in [0.05, 0.1) is 20.4 Å². The molecule has 0 fully saturated rings. The number of hydrogen-bond acceptors (Lipinski definition) is 2. The highest BCUT2D eigenvalue weighted by Crippen LogP contribution is 2.30. The lowest BCUT2D eigenvalue weighted by Gasteiger charge is -2.09. The van der Waals surface area contributed by atoms with E-state index < -0.39 is 0 Å². The highest BCUT2D eigenvalue weighted by atomic mass is 79.9. The van der Waals surface area contributed by atoms with Crippen molar-refractivity contribution in [2.75, 3.05) is 20.4 Å². The van der Waals surface area contributed by atoms with Gasteiger partial charge >= 0.3 is 0 Å². The predicted molar refractivity (Wildman–Crippen MR) is 56.8 cm³/mol. The van der Waals surface area contributed by atoms with E-state index in [0.717, 1.165) is 4.47 Å². The average Bonchev–Trinajstić information content (AvgIpc) is 2.19. The van der Waals surface area contributed by atoms with E-state index >= 15 is 0 Å². The molecule has 0 atom stereocenters. The predicted octanol–water partition coefficient (Wildman–Crippen LogP) is 3.20. The largest absolute Gasteiger partial charge is 0.493 e. The van der Waals surface area contributed by atoms with Crippen LogP contribution in [0.4, 0.5) is 4.39 Å². The van der Waals surface area contributed by atoms with Gasteiger partial charge in [-0.3, -0.25) is 4.39 Å². The van der Waals surface area contributed by atoms with E-state index in [0.29, 0.717) is 24.5 Å². The molecule has 0 radical (unpaired) electrons. The Balaban J connectivity index is 2.67. The minimum absolute atomic E-state index is 0.364. The van der Waals surface area contributed by atoms with Gasteiger partial charge in [-0.25, -0.2) is 0 Å². The summed E-state index contributed by atoms with van der Waals surface area (Å²) in [5, 5.41) is 0. The minimum atomic E-state index is -0.365. The van der Waals surface area contributed by atoms with Gasteiger partial charge < -0.3 is 9.47 Å². The van der Waals surface area contributed by atoms with Crippen molar-refractivity contribution in [1.29, 1.82) is 0 Å². The van der Waals surface area contributed by atoms with Crippen LogP contribution in [0.5, 0.6) is 11.5 Å².